The molecule has 2 atom stereocenters. The monoisotopic (exact) mass is 433 g/mol. The molecule has 5 nitrogen and oxygen atoms in total. The lowest BCUT2D eigenvalue weighted by atomic mass is 10.1. The number of carbonyl (C=O) groups excluding carboxylic acids is 1. The molecule has 0 spiro atoms. The third-order valence-corrected chi connectivity index (χ3v) is 6.74. The van der Waals surface area contributed by atoms with Gasteiger partial charge in [-0.15, -0.1) is 11.8 Å². The van der Waals surface area contributed by atoms with Gasteiger partial charge in [0.2, 0.25) is 5.91 Å². The van der Waals surface area contributed by atoms with Gasteiger partial charge in [0.25, 0.3) is 0 Å². The quantitative estimate of drug-likeness (QED) is 0.513. The second kappa shape index (κ2) is 9.88. The zero-order chi connectivity index (χ0) is 21.6. The smallest absolute Gasteiger partial charge is 0.236 e. The highest BCUT2D eigenvalue weighted by atomic mass is 32.2. The van der Waals surface area contributed by atoms with Crippen molar-refractivity contribution >= 4 is 23.5 Å². The number of aromatic nitrogens is 1. The molecule has 1 fully saturated rings. The fraction of sp³-hybridized carbons (Fsp3) is 0.280. The second-order valence-corrected chi connectivity index (χ2v) is 9.04. The van der Waals surface area contributed by atoms with Gasteiger partial charge in [0, 0.05) is 19.8 Å². The van der Waals surface area contributed by atoms with Crippen molar-refractivity contribution in [2.24, 2.45) is 0 Å². The van der Waals surface area contributed by atoms with Gasteiger partial charge in [0.05, 0.1) is 11.8 Å². The van der Waals surface area contributed by atoms with E-state index in [4.69, 9.17) is 4.74 Å². The summed E-state index contributed by atoms with van der Waals surface area (Å²) < 4.78 is 5.92. The lowest BCUT2D eigenvalue weighted by Crippen LogP contribution is -2.29. The third kappa shape index (κ3) is 5.20. The molecule has 1 aliphatic rings. The summed E-state index contributed by atoms with van der Waals surface area (Å²) in [4.78, 5) is 21.1. The number of nitrogens with zero attached hydrogens (tertiary/aromatic N) is 3. The summed E-state index contributed by atoms with van der Waals surface area (Å²) in [6.07, 6.45) is 1.79. The van der Waals surface area contributed by atoms with Crippen molar-refractivity contribution in [3.63, 3.8) is 0 Å². The Kier molecular flexibility index (Phi) is 6.77. The number of hydrogen-bond acceptors (Lipinski definition) is 5. The minimum absolute atomic E-state index is 0.0204. The number of amides is 1. The first-order chi connectivity index (χ1) is 15.1. The zero-order valence-corrected chi connectivity index (χ0v) is 18.7. The number of benzene rings is 2. The average molecular weight is 434 g/mol. The van der Waals surface area contributed by atoms with Crippen molar-refractivity contribution in [2.75, 3.05) is 25.1 Å². The first-order valence-corrected chi connectivity index (χ1v) is 11.4. The molecule has 0 bridgehead atoms. The molecule has 1 amide bonds. The summed E-state index contributed by atoms with van der Waals surface area (Å²) in [5, 5.41) is -0.0150. The maximum absolute atomic E-state index is 12.8. The molecule has 6 heteroatoms. The number of likely N-dealkylation sites (N-methyl/N-ethyl adjacent to an activating group) is 1. The first-order valence-electron chi connectivity index (χ1n) is 10.5. The minimum atomic E-state index is -0.0354. The molecule has 1 aliphatic heterocycles. The van der Waals surface area contributed by atoms with Gasteiger partial charge in [0.15, 0.2) is 0 Å². The van der Waals surface area contributed by atoms with Gasteiger partial charge < -0.3 is 14.5 Å². The van der Waals surface area contributed by atoms with Crippen LogP contribution < -0.4 is 9.64 Å². The Labute approximate surface area is 188 Å². The minimum Gasteiger partial charge on any atom is -0.492 e. The molecule has 160 valence electrons. The van der Waals surface area contributed by atoms with E-state index in [2.05, 4.69) is 34.1 Å². The van der Waals surface area contributed by atoms with E-state index in [0.29, 0.717) is 13.2 Å². The van der Waals surface area contributed by atoms with E-state index >= 15 is 0 Å². The van der Waals surface area contributed by atoms with Crippen LogP contribution in [0.3, 0.4) is 0 Å². The van der Waals surface area contributed by atoms with Crippen LogP contribution in [-0.4, -0.2) is 41.2 Å². The van der Waals surface area contributed by atoms with E-state index in [1.54, 1.807) is 18.0 Å². The van der Waals surface area contributed by atoms with Crippen molar-refractivity contribution in [1.82, 2.24) is 9.88 Å². The van der Waals surface area contributed by atoms with Crippen LogP contribution in [0.25, 0.3) is 0 Å². The number of thioether (sulfide) groups is 1. The summed E-state index contributed by atoms with van der Waals surface area (Å²) in [6.45, 7) is 3.93. The number of pyridine rings is 1. The zero-order valence-electron chi connectivity index (χ0n) is 17.8. The fourth-order valence-electron chi connectivity index (χ4n) is 3.60. The molecule has 0 N–H and O–H groups in total. The van der Waals surface area contributed by atoms with Crippen LogP contribution >= 0.6 is 11.8 Å². The van der Waals surface area contributed by atoms with Gasteiger partial charge >= 0.3 is 0 Å². The van der Waals surface area contributed by atoms with Crippen LogP contribution in [0, 0.1) is 0 Å². The van der Waals surface area contributed by atoms with Crippen LogP contribution in [0.1, 0.15) is 23.4 Å². The van der Waals surface area contributed by atoms with Crippen molar-refractivity contribution < 1.29 is 9.53 Å². The number of hydrogen-bond donors (Lipinski definition) is 0. The summed E-state index contributed by atoms with van der Waals surface area (Å²) in [5.74, 6) is 1.95. The Bertz CT molecular complexity index is 983. The largest absolute Gasteiger partial charge is 0.492 e. The number of anilines is 1. The molecule has 31 heavy (non-hydrogen) atoms. The van der Waals surface area contributed by atoms with Crippen molar-refractivity contribution in [3.8, 4) is 5.75 Å². The Hall–Kier alpha value is -2.99. The maximum Gasteiger partial charge on any atom is 0.236 e. The van der Waals surface area contributed by atoms with Crippen LogP contribution in [0.2, 0.25) is 0 Å². The Morgan fingerprint density at radius 1 is 1.03 bits per heavy atom. The van der Waals surface area contributed by atoms with E-state index < -0.39 is 0 Å². The molecule has 2 aromatic carbocycles. The first kappa shape index (κ1) is 21.2. The fourth-order valence-corrected chi connectivity index (χ4v) is 4.87. The summed E-state index contributed by atoms with van der Waals surface area (Å²) >= 11 is 1.70. The van der Waals surface area contributed by atoms with Gasteiger partial charge in [-0.2, -0.15) is 0 Å². The molecule has 4 rings (SSSR count). The van der Waals surface area contributed by atoms with Gasteiger partial charge in [-0.3, -0.25) is 4.79 Å². The van der Waals surface area contributed by atoms with Crippen molar-refractivity contribution in [2.45, 2.75) is 24.1 Å². The molecule has 1 saturated heterocycles. The van der Waals surface area contributed by atoms with Crippen LogP contribution in [-0.2, 0) is 11.3 Å². The molecule has 2 heterocycles. The normalized spacial score (nSPS) is 18.3. The second-order valence-electron chi connectivity index (χ2n) is 7.61. The lowest BCUT2D eigenvalue weighted by molar-refractivity contribution is -0.130. The molecular formula is C25H27N3O2S. The predicted molar refractivity (Wildman–Crippen MR) is 126 cm³/mol. The summed E-state index contributed by atoms with van der Waals surface area (Å²) in [5.41, 5.74) is 2.27. The molecular weight excluding hydrogens is 406 g/mol. The van der Waals surface area contributed by atoms with Gasteiger partial charge in [-0.25, -0.2) is 4.98 Å². The average Bonchev–Trinajstić information content (AvgIpc) is 3.09. The van der Waals surface area contributed by atoms with Crippen LogP contribution in [0.5, 0.6) is 5.75 Å². The summed E-state index contributed by atoms with van der Waals surface area (Å²) in [7, 11) is 2.01. The topological polar surface area (TPSA) is 45.7 Å². The number of carbonyl (C=O) groups is 1. The standard InChI is InChI=1S/C25H27N3O2S/c1-19-24(29)28(18-20-8-4-3-5-9-20)25(31-19)21-11-13-22(14-12-21)30-17-16-27(2)23-10-6-7-15-26-23/h3-15,19,25H,16-18H2,1-2H3. The highest BCUT2D eigenvalue weighted by Crippen LogP contribution is 2.43. The SMILES string of the molecule is CC1SC(c2ccc(OCCN(C)c3ccccn3)cc2)N(Cc2ccccc2)C1=O. The van der Waals surface area contributed by atoms with Crippen molar-refractivity contribution in [1.29, 1.82) is 0 Å². The molecule has 2 unspecified atom stereocenters. The van der Waals surface area contributed by atoms with E-state index in [9.17, 15) is 4.79 Å². The van der Waals surface area contributed by atoms with E-state index in [-0.39, 0.29) is 16.5 Å². The van der Waals surface area contributed by atoms with Crippen molar-refractivity contribution in [3.05, 3.63) is 90.1 Å². The summed E-state index contributed by atoms with van der Waals surface area (Å²) in [6, 6.07) is 24.1. The Morgan fingerprint density at radius 3 is 2.48 bits per heavy atom. The molecule has 0 radical (unpaired) electrons. The van der Waals surface area contributed by atoms with E-state index in [1.807, 2.05) is 67.4 Å². The Morgan fingerprint density at radius 2 is 1.77 bits per heavy atom. The predicted octanol–water partition coefficient (Wildman–Crippen LogP) is 4.76. The molecule has 0 saturated carbocycles. The lowest BCUT2D eigenvalue weighted by Gasteiger charge is -2.24. The number of rotatable bonds is 8. The maximum atomic E-state index is 12.8. The molecule has 1 aromatic heterocycles. The highest BCUT2D eigenvalue weighted by molar-refractivity contribution is 8.01. The molecule has 0 aliphatic carbocycles. The number of ether oxygens (including phenoxy) is 1. The highest BCUT2D eigenvalue weighted by Gasteiger charge is 2.38. The van der Waals surface area contributed by atoms with Crippen LogP contribution in [0.15, 0.2) is 79.0 Å². The van der Waals surface area contributed by atoms with Crippen LogP contribution in [0.4, 0.5) is 5.82 Å². The Balaban J connectivity index is 1.37. The van der Waals surface area contributed by atoms with E-state index in [1.165, 1.54) is 0 Å². The molecule has 3 aromatic rings. The van der Waals surface area contributed by atoms with E-state index in [0.717, 1.165) is 29.2 Å². The van der Waals surface area contributed by atoms with Gasteiger partial charge in [0.1, 0.15) is 23.5 Å². The van der Waals surface area contributed by atoms with Gasteiger partial charge in [-0.05, 0) is 42.3 Å². The van der Waals surface area contributed by atoms with Gasteiger partial charge in [-0.1, -0.05) is 48.5 Å². The third-order valence-electron chi connectivity index (χ3n) is 5.34.